The number of amides is 2. The van der Waals surface area contributed by atoms with Gasteiger partial charge in [0.1, 0.15) is 11.6 Å². The van der Waals surface area contributed by atoms with E-state index < -0.39 is 11.8 Å². The number of fused-ring (bicyclic) bond motifs is 1. The molecule has 1 aliphatic heterocycles. The summed E-state index contributed by atoms with van der Waals surface area (Å²) in [6.07, 6.45) is 0. The van der Waals surface area contributed by atoms with E-state index in [9.17, 15) is 14.4 Å². The fourth-order valence-electron chi connectivity index (χ4n) is 1.83. The molecule has 0 atom stereocenters. The summed E-state index contributed by atoms with van der Waals surface area (Å²) in [7, 11) is 0. The third kappa shape index (κ3) is 1.59. The highest BCUT2D eigenvalue weighted by molar-refractivity contribution is 6.22. The minimum Gasteiger partial charge on any atom is -0.268 e. The molecule has 0 fully saturated rings. The van der Waals surface area contributed by atoms with Gasteiger partial charge < -0.3 is 0 Å². The Hall–Kier alpha value is -2.19. The molecule has 0 aliphatic carbocycles. The van der Waals surface area contributed by atoms with Crippen LogP contribution < -0.4 is 0 Å². The lowest BCUT2D eigenvalue weighted by atomic mass is 10.1. The second kappa shape index (κ2) is 4.00. The van der Waals surface area contributed by atoms with Gasteiger partial charge in [-0.2, -0.15) is 0 Å². The molecule has 0 radical (unpaired) electrons. The van der Waals surface area contributed by atoms with Crippen LogP contribution in [0.15, 0.2) is 30.0 Å². The van der Waals surface area contributed by atoms with Crippen molar-refractivity contribution < 1.29 is 14.4 Å². The summed E-state index contributed by atoms with van der Waals surface area (Å²) in [4.78, 5) is 35.8. The third-order valence-electron chi connectivity index (χ3n) is 2.69. The summed E-state index contributed by atoms with van der Waals surface area (Å²) in [5.74, 6) is 0.570. The first-order valence-corrected chi connectivity index (χ1v) is 5.30. The molecule has 86 valence electrons. The SMILES string of the molecule is CC(C)C(=C=O)N1C(=O)c2ccccc2C1=O. The molecule has 0 spiro atoms. The first kappa shape index (κ1) is 11.3. The van der Waals surface area contributed by atoms with Crippen molar-refractivity contribution >= 4 is 17.8 Å². The van der Waals surface area contributed by atoms with Crippen LogP contribution in [0, 0.1) is 5.92 Å². The van der Waals surface area contributed by atoms with Crippen molar-refractivity contribution in [2.24, 2.45) is 5.92 Å². The number of benzene rings is 1. The highest BCUT2D eigenvalue weighted by Crippen LogP contribution is 2.27. The Morgan fingerprint density at radius 2 is 1.59 bits per heavy atom. The highest BCUT2D eigenvalue weighted by atomic mass is 16.2. The summed E-state index contributed by atoms with van der Waals surface area (Å²) < 4.78 is 0. The topological polar surface area (TPSA) is 54.5 Å². The van der Waals surface area contributed by atoms with E-state index in [-0.39, 0.29) is 11.6 Å². The van der Waals surface area contributed by atoms with E-state index in [2.05, 4.69) is 0 Å². The Balaban J connectivity index is 2.54. The van der Waals surface area contributed by atoms with Crippen LogP contribution in [-0.2, 0) is 4.79 Å². The Kier molecular flexibility index (Phi) is 2.66. The normalized spacial score (nSPS) is 13.9. The number of imide groups is 1. The zero-order valence-electron chi connectivity index (χ0n) is 9.56. The molecular weight excluding hydrogens is 218 g/mol. The molecule has 4 heteroatoms. The summed E-state index contributed by atoms with van der Waals surface area (Å²) in [5, 5.41) is 0. The van der Waals surface area contributed by atoms with Crippen LogP contribution in [0.5, 0.6) is 0 Å². The zero-order chi connectivity index (χ0) is 12.6. The second-order valence-corrected chi connectivity index (χ2v) is 4.13. The van der Waals surface area contributed by atoms with Gasteiger partial charge in [-0.05, 0) is 12.1 Å². The van der Waals surface area contributed by atoms with Crippen LogP contribution >= 0.6 is 0 Å². The van der Waals surface area contributed by atoms with Gasteiger partial charge in [0.25, 0.3) is 11.8 Å². The smallest absolute Gasteiger partial charge is 0.266 e. The van der Waals surface area contributed by atoms with Crippen molar-refractivity contribution in [3.63, 3.8) is 0 Å². The number of hydrogen-bond acceptors (Lipinski definition) is 3. The Morgan fingerprint density at radius 1 is 1.12 bits per heavy atom. The molecule has 0 aromatic heterocycles. The van der Waals surface area contributed by atoms with Gasteiger partial charge in [0.05, 0.1) is 11.1 Å². The van der Waals surface area contributed by atoms with E-state index in [1.54, 1.807) is 44.1 Å². The molecular formula is C13H11NO3. The van der Waals surface area contributed by atoms with Crippen LogP contribution in [-0.4, -0.2) is 22.7 Å². The monoisotopic (exact) mass is 229 g/mol. The van der Waals surface area contributed by atoms with Crippen LogP contribution in [0.1, 0.15) is 34.6 Å². The number of nitrogens with zero attached hydrogens (tertiary/aromatic N) is 1. The molecule has 2 rings (SSSR count). The van der Waals surface area contributed by atoms with Gasteiger partial charge in [0, 0.05) is 5.92 Å². The van der Waals surface area contributed by atoms with Crippen LogP contribution in [0.4, 0.5) is 0 Å². The van der Waals surface area contributed by atoms with E-state index in [0.717, 1.165) is 4.90 Å². The number of rotatable bonds is 2. The first-order chi connectivity index (χ1) is 8.07. The maximum atomic E-state index is 12.0. The zero-order valence-corrected chi connectivity index (χ0v) is 9.56. The molecule has 1 heterocycles. The van der Waals surface area contributed by atoms with Gasteiger partial charge >= 0.3 is 0 Å². The van der Waals surface area contributed by atoms with Crippen LogP contribution in [0.2, 0.25) is 0 Å². The van der Waals surface area contributed by atoms with Crippen molar-refractivity contribution in [1.82, 2.24) is 4.90 Å². The van der Waals surface area contributed by atoms with Crippen molar-refractivity contribution in [2.45, 2.75) is 13.8 Å². The average Bonchev–Trinajstić information content (AvgIpc) is 2.56. The van der Waals surface area contributed by atoms with E-state index in [0.29, 0.717) is 11.1 Å². The van der Waals surface area contributed by atoms with Gasteiger partial charge in [-0.25, -0.2) is 9.69 Å². The van der Waals surface area contributed by atoms with E-state index >= 15 is 0 Å². The van der Waals surface area contributed by atoms with E-state index in [1.165, 1.54) is 0 Å². The van der Waals surface area contributed by atoms with Crippen LogP contribution in [0.25, 0.3) is 0 Å². The molecule has 0 bridgehead atoms. The fraction of sp³-hybridized carbons (Fsp3) is 0.231. The van der Waals surface area contributed by atoms with Crippen molar-refractivity contribution in [1.29, 1.82) is 0 Å². The standard InChI is InChI=1S/C13H11NO3/c1-8(2)11(7-15)14-12(16)9-5-3-4-6-10(9)13(14)17/h3-6,8H,1-2H3. The minimum atomic E-state index is -0.447. The number of carbonyl (C=O) groups is 2. The van der Waals surface area contributed by atoms with Crippen LogP contribution in [0.3, 0.4) is 0 Å². The largest absolute Gasteiger partial charge is 0.268 e. The molecule has 17 heavy (non-hydrogen) atoms. The molecule has 0 saturated carbocycles. The molecule has 1 aromatic carbocycles. The Labute approximate surface area is 98.5 Å². The van der Waals surface area contributed by atoms with E-state index in [1.807, 2.05) is 0 Å². The van der Waals surface area contributed by atoms with E-state index in [4.69, 9.17) is 0 Å². The van der Waals surface area contributed by atoms with Gasteiger partial charge in [-0.3, -0.25) is 9.59 Å². The number of hydrogen-bond donors (Lipinski definition) is 0. The molecule has 1 aromatic rings. The summed E-state index contributed by atoms with van der Waals surface area (Å²) in [5.41, 5.74) is 0.757. The fourth-order valence-corrected chi connectivity index (χ4v) is 1.83. The van der Waals surface area contributed by atoms with Crippen molar-refractivity contribution in [3.8, 4) is 0 Å². The minimum absolute atomic E-state index is 0.0798. The summed E-state index contributed by atoms with van der Waals surface area (Å²) >= 11 is 0. The molecule has 0 saturated heterocycles. The van der Waals surface area contributed by atoms with Gasteiger partial charge in [0.2, 0.25) is 0 Å². The van der Waals surface area contributed by atoms with Gasteiger partial charge in [-0.15, -0.1) is 0 Å². The lowest BCUT2D eigenvalue weighted by molar-refractivity contribution is 0.0693. The quantitative estimate of drug-likeness (QED) is 0.572. The maximum absolute atomic E-state index is 12.0. The van der Waals surface area contributed by atoms with Gasteiger partial charge in [-0.1, -0.05) is 26.0 Å². The van der Waals surface area contributed by atoms with Gasteiger partial charge in [0.15, 0.2) is 0 Å². The lowest BCUT2D eigenvalue weighted by Crippen LogP contribution is -2.31. The molecule has 1 aliphatic rings. The number of allylic oxidation sites excluding steroid dienone is 1. The number of carbonyl (C=O) groups excluding carboxylic acids is 3. The molecule has 0 N–H and O–H groups in total. The highest BCUT2D eigenvalue weighted by Gasteiger charge is 2.38. The summed E-state index contributed by atoms with van der Waals surface area (Å²) in [6, 6.07) is 6.54. The summed E-state index contributed by atoms with van der Waals surface area (Å²) in [6.45, 7) is 3.48. The molecule has 4 nitrogen and oxygen atoms in total. The van der Waals surface area contributed by atoms with Crippen molar-refractivity contribution in [2.75, 3.05) is 0 Å². The molecule has 0 unspecified atom stereocenters. The molecule has 2 amide bonds. The predicted octanol–water partition coefficient (Wildman–Crippen LogP) is 1.65. The third-order valence-corrected chi connectivity index (χ3v) is 2.69. The Morgan fingerprint density at radius 3 is 1.94 bits per heavy atom. The Bertz CT molecular complexity index is 519. The van der Waals surface area contributed by atoms with Crippen molar-refractivity contribution in [3.05, 3.63) is 41.1 Å². The first-order valence-electron chi connectivity index (χ1n) is 5.30. The maximum Gasteiger partial charge on any atom is 0.266 e. The predicted molar refractivity (Wildman–Crippen MR) is 61.0 cm³/mol. The second-order valence-electron chi connectivity index (χ2n) is 4.13. The average molecular weight is 229 g/mol. The lowest BCUT2D eigenvalue weighted by Gasteiger charge is -2.17.